The molecule has 0 aliphatic heterocycles. The zero-order chi connectivity index (χ0) is 23.7. The minimum absolute atomic E-state index is 0.122. The van der Waals surface area contributed by atoms with Crippen molar-refractivity contribution in [2.75, 3.05) is 12.9 Å². The van der Waals surface area contributed by atoms with Gasteiger partial charge in [0.05, 0.1) is 24.1 Å². The molecule has 178 valence electrons. The molecule has 3 atom stereocenters. The van der Waals surface area contributed by atoms with Gasteiger partial charge in [-0.25, -0.2) is 4.98 Å². The van der Waals surface area contributed by atoms with Gasteiger partial charge in [0.15, 0.2) is 5.65 Å². The molecule has 1 saturated carbocycles. The van der Waals surface area contributed by atoms with Crippen molar-refractivity contribution in [1.29, 1.82) is 10.8 Å². The van der Waals surface area contributed by atoms with Gasteiger partial charge in [-0.3, -0.25) is 19.6 Å². The van der Waals surface area contributed by atoms with E-state index >= 15 is 0 Å². The lowest BCUT2D eigenvalue weighted by Crippen LogP contribution is -2.34. The molecule has 3 rings (SSSR count). The van der Waals surface area contributed by atoms with Crippen molar-refractivity contribution in [2.45, 2.75) is 64.7 Å². The lowest BCUT2D eigenvalue weighted by molar-refractivity contribution is 0.0898. The van der Waals surface area contributed by atoms with Gasteiger partial charge in [-0.2, -0.15) is 8.42 Å². The molecule has 3 unspecified atom stereocenters. The van der Waals surface area contributed by atoms with Gasteiger partial charge in [0.1, 0.15) is 18.1 Å². The van der Waals surface area contributed by atoms with Crippen LogP contribution < -0.4 is 5.49 Å². The highest BCUT2D eigenvalue weighted by atomic mass is 32.2. The van der Waals surface area contributed by atoms with Crippen LogP contribution in [-0.4, -0.2) is 55.4 Å². The maximum absolute atomic E-state index is 11.6. The summed E-state index contributed by atoms with van der Waals surface area (Å²) in [6.45, 7) is 10.0. The first-order chi connectivity index (χ1) is 14.9. The van der Waals surface area contributed by atoms with Crippen LogP contribution in [0.5, 0.6) is 0 Å². The van der Waals surface area contributed by atoms with Gasteiger partial charge in [0.25, 0.3) is 10.1 Å². The lowest BCUT2D eigenvalue weighted by atomic mass is 9.92. The molecule has 2 aromatic heterocycles. The van der Waals surface area contributed by atoms with Crippen LogP contribution in [0.4, 0.5) is 0 Å². The SMILES string of the molecule is CCC1CC(OS(C)(=O)=O)CC1C(=N)n1c(=N)cnc2c1ccn2COCC[Si](C)(C)C. The Labute approximate surface area is 190 Å². The fourth-order valence-electron chi connectivity index (χ4n) is 4.33. The maximum Gasteiger partial charge on any atom is 0.264 e. The van der Waals surface area contributed by atoms with Crippen LogP contribution in [-0.2, 0) is 25.8 Å². The standard InChI is InChI=1S/C21H35N5O4SSi/c1-6-15-11-16(30-31(2,27)28)12-17(15)20(23)26-18-7-8-25(21(18)24-13-19(26)22)14-29-9-10-32(3,4)5/h7-8,13,15-17,22-23H,6,9-12,14H2,1-5H3. The fourth-order valence-corrected chi connectivity index (χ4v) is 5.74. The van der Waals surface area contributed by atoms with Gasteiger partial charge in [-0.05, 0) is 30.9 Å². The molecule has 2 aromatic rings. The van der Waals surface area contributed by atoms with Crippen molar-refractivity contribution in [1.82, 2.24) is 14.1 Å². The Kier molecular flexibility index (Phi) is 7.43. The highest BCUT2D eigenvalue weighted by Crippen LogP contribution is 2.37. The van der Waals surface area contributed by atoms with Crippen molar-refractivity contribution in [3.8, 4) is 0 Å². The van der Waals surface area contributed by atoms with E-state index in [1.165, 1.54) is 6.20 Å². The average Bonchev–Trinajstić information content (AvgIpc) is 3.26. The minimum Gasteiger partial charge on any atom is -0.361 e. The van der Waals surface area contributed by atoms with Crippen LogP contribution in [0.15, 0.2) is 18.5 Å². The summed E-state index contributed by atoms with van der Waals surface area (Å²) in [7, 11) is -4.72. The summed E-state index contributed by atoms with van der Waals surface area (Å²) in [5, 5.41) is 17.3. The number of nitrogens with zero attached hydrogens (tertiary/aromatic N) is 3. The van der Waals surface area contributed by atoms with Crippen LogP contribution in [0.3, 0.4) is 0 Å². The molecule has 0 spiro atoms. The smallest absolute Gasteiger partial charge is 0.264 e. The van der Waals surface area contributed by atoms with Gasteiger partial charge in [-0.1, -0.05) is 33.0 Å². The summed E-state index contributed by atoms with van der Waals surface area (Å²) in [6, 6.07) is 2.94. The summed E-state index contributed by atoms with van der Waals surface area (Å²) < 4.78 is 37.8. The topological polar surface area (TPSA) is 123 Å². The van der Waals surface area contributed by atoms with Crippen LogP contribution in [0.25, 0.3) is 11.2 Å². The third kappa shape index (κ3) is 5.94. The van der Waals surface area contributed by atoms with Crippen LogP contribution in [0, 0.1) is 22.7 Å². The molecule has 0 bridgehead atoms. The zero-order valence-corrected chi connectivity index (χ0v) is 21.4. The Morgan fingerprint density at radius 1 is 1.31 bits per heavy atom. The van der Waals surface area contributed by atoms with E-state index < -0.39 is 24.3 Å². The Morgan fingerprint density at radius 2 is 2.03 bits per heavy atom. The van der Waals surface area contributed by atoms with E-state index in [0.29, 0.717) is 37.3 Å². The van der Waals surface area contributed by atoms with E-state index in [2.05, 4.69) is 24.6 Å². The number of hydrogen-bond acceptors (Lipinski definition) is 7. The van der Waals surface area contributed by atoms with E-state index in [1.807, 2.05) is 23.8 Å². The number of fused-ring (bicyclic) bond motifs is 1. The minimum atomic E-state index is -3.55. The quantitative estimate of drug-likeness (QED) is 0.187. The Balaban J connectivity index is 1.83. The van der Waals surface area contributed by atoms with E-state index in [1.54, 1.807) is 4.57 Å². The van der Waals surface area contributed by atoms with E-state index in [0.717, 1.165) is 18.7 Å². The second-order valence-corrected chi connectivity index (χ2v) is 17.1. The third-order valence-electron chi connectivity index (χ3n) is 6.01. The first kappa shape index (κ1) is 24.8. The summed E-state index contributed by atoms with van der Waals surface area (Å²) in [5.74, 6) is 0.213. The van der Waals surface area contributed by atoms with Crippen LogP contribution in [0.1, 0.15) is 26.2 Å². The summed E-state index contributed by atoms with van der Waals surface area (Å²) in [5.41, 5.74) is 1.47. The number of nitrogens with one attached hydrogen (secondary N) is 2. The molecule has 1 aliphatic rings. The molecule has 1 fully saturated rings. The largest absolute Gasteiger partial charge is 0.361 e. The van der Waals surface area contributed by atoms with Crippen LogP contribution >= 0.6 is 0 Å². The molecule has 0 aromatic carbocycles. The third-order valence-corrected chi connectivity index (χ3v) is 8.34. The molecule has 2 N–H and O–H groups in total. The molecule has 9 nitrogen and oxygen atoms in total. The normalized spacial score (nSPS) is 22.0. The molecule has 11 heteroatoms. The second-order valence-electron chi connectivity index (χ2n) is 9.88. The first-order valence-corrected chi connectivity index (χ1v) is 16.6. The Bertz CT molecular complexity index is 1140. The molecular weight excluding hydrogens is 446 g/mol. The highest BCUT2D eigenvalue weighted by Gasteiger charge is 2.39. The molecular formula is C21H35N5O4SSi. The van der Waals surface area contributed by atoms with Gasteiger partial charge < -0.3 is 9.30 Å². The number of ether oxygens (including phenoxy) is 1. The monoisotopic (exact) mass is 481 g/mol. The van der Waals surface area contributed by atoms with Crippen LogP contribution in [0.2, 0.25) is 25.7 Å². The number of aromatic nitrogens is 3. The van der Waals surface area contributed by atoms with Crippen molar-refractivity contribution in [3.05, 3.63) is 23.9 Å². The van der Waals surface area contributed by atoms with Crippen molar-refractivity contribution in [2.24, 2.45) is 11.8 Å². The number of hydrogen-bond donors (Lipinski definition) is 2. The van der Waals surface area contributed by atoms with Gasteiger partial charge >= 0.3 is 0 Å². The Hall–Kier alpha value is -1.82. The highest BCUT2D eigenvalue weighted by molar-refractivity contribution is 7.86. The Morgan fingerprint density at radius 3 is 2.66 bits per heavy atom. The fraction of sp³-hybridized carbons (Fsp3) is 0.667. The molecule has 2 heterocycles. The second kappa shape index (κ2) is 9.58. The molecule has 32 heavy (non-hydrogen) atoms. The van der Waals surface area contributed by atoms with Gasteiger partial charge in [0.2, 0.25) is 0 Å². The number of rotatable bonds is 9. The summed E-state index contributed by atoms with van der Waals surface area (Å²) in [4.78, 5) is 4.42. The van der Waals surface area contributed by atoms with E-state index in [9.17, 15) is 8.42 Å². The molecule has 1 aliphatic carbocycles. The van der Waals surface area contributed by atoms with Gasteiger partial charge in [0, 0.05) is 26.8 Å². The van der Waals surface area contributed by atoms with Crippen molar-refractivity contribution in [3.63, 3.8) is 0 Å². The molecule has 0 saturated heterocycles. The summed E-state index contributed by atoms with van der Waals surface area (Å²) in [6.07, 6.45) is 5.80. The van der Waals surface area contributed by atoms with Crippen molar-refractivity contribution >= 4 is 35.2 Å². The maximum atomic E-state index is 11.6. The summed E-state index contributed by atoms with van der Waals surface area (Å²) >= 11 is 0. The van der Waals surface area contributed by atoms with Gasteiger partial charge in [-0.15, -0.1) is 0 Å². The first-order valence-electron chi connectivity index (χ1n) is 11.1. The van der Waals surface area contributed by atoms with E-state index in [-0.39, 0.29) is 23.2 Å². The zero-order valence-electron chi connectivity index (χ0n) is 19.6. The van der Waals surface area contributed by atoms with Crippen molar-refractivity contribution < 1.29 is 17.3 Å². The predicted molar refractivity (Wildman–Crippen MR) is 127 cm³/mol. The van der Waals surface area contributed by atoms with E-state index in [4.69, 9.17) is 19.7 Å². The predicted octanol–water partition coefficient (Wildman–Crippen LogP) is 3.24. The molecule has 0 amide bonds. The average molecular weight is 482 g/mol. The lowest BCUT2D eigenvalue weighted by Gasteiger charge is -2.21. The molecule has 0 radical (unpaired) electrons.